The topological polar surface area (TPSA) is 47.8 Å². The van der Waals surface area contributed by atoms with E-state index in [-0.39, 0.29) is 0 Å². The van der Waals surface area contributed by atoms with Crippen LogP contribution < -0.4 is 0 Å². The predicted molar refractivity (Wildman–Crippen MR) is 31.4 cm³/mol. The van der Waals surface area contributed by atoms with Gasteiger partial charge in [-0.1, -0.05) is 5.21 Å². The van der Waals surface area contributed by atoms with Crippen molar-refractivity contribution in [3.8, 4) is 0 Å². The van der Waals surface area contributed by atoms with E-state index in [0.29, 0.717) is 0 Å². The van der Waals surface area contributed by atoms with Crippen LogP contribution in [-0.2, 0) is 7.05 Å². The summed E-state index contributed by atoms with van der Waals surface area (Å²) in [4.78, 5) is 10.5. The minimum absolute atomic E-state index is 0.567. The van der Waals surface area contributed by atoms with Crippen molar-refractivity contribution in [3.05, 3.63) is 11.9 Å². The van der Waals surface area contributed by atoms with Gasteiger partial charge in [0.2, 0.25) is 0 Å². The number of aryl methyl sites for hydroxylation is 1. The number of alkyl halides is 3. The van der Waals surface area contributed by atoms with E-state index in [0.717, 1.165) is 10.9 Å². The molecule has 0 aliphatic rings. The first-order chi connectivity index (χ1) is 5.43. The molecule has 1 aromatic rings. The molecular formula is C5H4F3N3O. The van der Waals surface area contributed by atoms with Gasteiger partial charge in [0.25, 0.3) is 5.78 Å². The summed E-state index contributed by atoms with van der Waals surface area (Å²) in [5.74, 6) is -1.94. The van der Waals surface area contributed by atoms with Gasteiger partial charge in [0.05, 0.1) is 6.20 Å². The number of carbonyl (C=O) groups excluding carboxylic acids is 1. The maximum atomic E-state index is 11.8. The average Bonchev–Trinajstić information content (AvgIpc) is 2.31. The van der Waals surface area contributed by atoms with E-state index in [4.69, 9.17) is 0 Å². The van der Waals surface area contributed by atoms with Gasteiger partial charge >= 0.3 is 6.18 Å². The van der Waals surface area contributed by atoms with Crippen LogP contribution in [0.25, 0.3) is 0 Å². The van der Waals surface area contributed by atoms with E-state index in [1.807, 2.05) is 0 Å². The monoisotopic (exact) mass is 179 g/mol. The molecule has 66 valence electrons. The first-order valence-electron chi connectivity index (χ1n) is 2.89. The van der Waals surface area contributed by atoms with E-state index in [1.54, 1.807) is 0 Å². The van der Waals surface area contributed by atoms with Gasteiger partial charge < -0.3 is 0 Å². The van der Waals surface area contributed by atoms with Crippen molar-refractivity contribution in [3.63, 3.8) is 0 Å². The van der Waals surface area contributed by atoms with Crippen LogP contribution in [-0.4, -0.2) is 27.0 Å². The van der Waals surface area contributed by atoms with Gasteiger partial charge in [-0.25, -0.2) is 4.68 Å². The van der Waals surface area contributed by atoms with E-state index in [1.165, 1.54) is 7.05 Å². The Morgan fingerprint density at radius 1 is 1.58 bits per heavy atom. The highest BCUT2D eigenvalue weighted by Gasteiger charge is 2.41. The molecule has 0 saturated carbocycles. The van der Waals surface area contributed by atoms with Gasteiger partial charge in [-0.05, 0) is 0 Å². The van der Waals surface area contributed by atoms with Gasteiger partial charge in [-0.3, -0.25) is 4.79 Å². The van der Waals surface area contributed by atoms with Crippen molar-refractivity contribution in [1.82, 2.24) is 15.0 Å². The van der Waals surface area contributed by atoms with Gasteiger partial charge in [0, 0.05) is 7.05 Å². The van der Waals surface area contributed by atoms with Gasteiger partial charge in [0.1, 0.15) is 5.69 Å². The average molecular weight is 179 g/mol. The Morgan fingerprint density at radius 2 is 2.17 bits per heavy atom. The van der Waals surface area contributed by atoms with Crippen LogP contribution in [0.15, 0.2) is 6.20 Å². The largest absolute Gasteiger partial charge is 0.456 e. The molecule has 1 aromatic heterocycles. The Labute approximate surface area is 65.0 Å². The predicted octanol–water partition coefficient (Wildman–Crippen LogP) is 0.560. The molecule has 0 spiro atoms. The van der Waals surface area contributed by atoms with E-state index in [9.17, 15) is 18.0 Å². The van der Waals surface area contributed by atoms with Crippen LogP contribution in [0.3, 0.4) is 0 Å². The van der Waals surface area contributed by atoms with Crippen LogP contribution in [0.1, 0.15) is 10.5 Å². The molecule has 0 radical (unpaired) electrons. The SMILES string of the molecule is Cn1nncc1C(=O)C(F)(F)F. The maximum Gasteiger partial charge on any atom is 0.456 e. The fourth-order valence-electron chi connectivity index (χ4n) is 0.641. The van der Waals surface area contributed by atoms with Crippen LogP contribution >= 0.6 is 0 Å². The molecule has 0 amide bonds. The molecule has 0 aromatic carbocycles. The van der Waals surface area contributed by atoms with Crippen molar-refractivity contribution in [2.45, 2.75) is 6.18 Å². The maximum absolute atomic E-state index is 11.8. The molecule has 4 nitrogen and oxygen atoms in total. The van der Waals surface area contributed by atoms with Crippen molar-refractivity contribution >= 4 is 5.78 Å². The fraction of sp³-hybridized carbons (Fsp3) is 0.400. The summed E-state index contributed by atoms with van der Waals surface area (Å²) < 4.78 is 36.1. The summed E-state index contributed by atoms with van der Waals surface area (Å²) in [6.07, 6.45) is -4.09. The van der Waals surface area contributed by atoms with E-state index >= 15 is 0 Å². The lowest BCUT2D eigenvalue weighted by Gasteiger charge is -2.02. The Kier molecular flexibility index (Phi) is 1.87. The number of nitrogens with zero attached hydrogens (tertiary/aromatic N) is 3. The first-order valence-corrected chi connectivity index (χ1v) is 2.89. The molecule has 0 N–H and O–H groups in total. The second kappa shape index (κ2) is 2.58. The third-order valence-corrected chi connectivity index (χ3v) is 1.20. The van der Waals surface area contributed by atoms with Gasteiger partial charge in [0.15, 0.2) is 0 Å². The highest BCUT2D eigenvalue weighted by molar-refractivity contribution is 5.98. The molecule has 7 heteroatoms. The zero-order valence-corrected chi connectivity index (χ0v) is 5.96. The number of aromatic nitrogens is 3. The molecule has 1 rings (SSSR count). The lowest BCUT2D eigenvalue weighted by molar-refractivity contribution is -0.0890. The molecule has 0 saturated heterocycles. The lowest BCUT2D eigenvalue weighted by Crippen LogP contribution is -2.25. The van der Waals surface area contributed by atoms with Crippen LogP contribution in [0.5, 0.6) is 0 Å². The number of hydrogen-bond acceptors (Lipinski definition) is 3. The minimum Gasteiger partial charge on any atom is -0.282 e. The molecular weight excluding hydrogens is 175 g/mol. The fourth-order valence-corrected chi connectivity index (χ4v) is 0.641. The molecule has 12 heavy (non-hydrogen) atoms. The molecule has 1 heterocycles. The zero-order valence-electron chi connectivity index (χ0n) is 5.96. The number of halogens is 3. The zero-order chi connectivity index (χ0) is 9.35. The summed E-state index contributed by atoms with van der Waals surface area (Å²) in [5, 5.41) is 6.35. The lowest BCUT2D eigenvalue weighted by atomic mass is 10.3. The first kappa shape index (κ1) is 8.69. The highest BCUT2D eigenvalue weighted by atomic mass is 19.4. The number of hydrogen-bond donors (Lipinski definition) is 0. The van der Waals surface area contributed by atoms with Crippen molar-refractivity contribution in [2.24, 2.45) is 7.05 Å². The Bertz CT molecular complexity index is 303. The van der Waals surface area contributed by atoms with E-state index in [2.05, 4.69) is 10.3 Å². The summed E-state index contributed by atoms with van der Waals surface area (Å²) in [6.45, 7) is 0. The molecule has 0 fully saturated rings. The van der Waals surface area contributed by atoms with Crippen LogP contribution in [0.2, 0.25) is 0 Å². The minimum atomic E-state index is -4.87. The molecule has 0 atom stereocenters. The smallest absolute Gasteiger partial charge is 0.282 e. The third-order valence-electron chi connectivity index (χ3n) is 1.20. The van der Waals surface area contributed by atoms with Crippen LogP contribution in [0, 0.1) is 0 Å². The molecule has 0 unspecified atom stereocenters. The number of Topliss-reactive ketones (excluding diaryl/α,β-unsaturated/α-hetero) is 1. The van der Waals surface area contributed by atoms with Crippen molar-refractivity contribution in [2.75, 3.05) is 0 Å². The van der Waals surface area contributed by atoms with Gasteiger partial charge in [-0.2, -0.15) is 13.2 Å². The van der Waals surface area contributed by atoms with Crippen LogP contribution in [0.4, 0.5) is 13.2 Å². The normalized spacial score (nSPS) is 11.7. The highest BCUT2D eigenvalue weighted by Crippen LogP contribution is 2.20. The third kappa shape index (κ3) is 1.44. The standard InChI is InChI=1S/C5H4F3N3O/c1-11-3(2-9-10-11)4(12)5(6,7)8/h2H,1H3. The van der Waals surface area contributed by atoms with Crippen molar-refractivity contribution < 1.29 is 18.0 Å². The van der Waals surface area contributed by atoms with Crippen molar-refractivity contribution in [1.29, 1.82) is 0 Å². The summed E-state index contributed by atoms with van der Waals surface area (Å²) in [6, 6.07) is 0. The molecule has 0 aliphatic carbocycles. The quantitative estimate of drug-likeness (QED) is 0.592. The van der Waals surface area contributed by atoms with E-state index < -0.39 is 17.7 Å². The second-order valence-corrected chi connectivity index (χ2v) is 2.07. The number of carbonyl (C=O) groups is 1. The Morgan fingerprint density at radius 3 is 2.50 bits per heavy atom. The summed E-state index contributed by atoms with van der Waals surface area (Å²) in [7, 11) is 1.21. The van der Waals surface area contributed by atoms with Gasteiger partial charge in [-0.15, -0.1) is 5.10 Å². The Balaban J connectivity index is 3.01. The Hall–Kier alpha value is -1.40. The molecule has 0 bridgehead atoms. The summed E-state index contributed by atoms with van der Waals surface area (Å²) >= 11 is 0. The number of rotatable bonds is 1. The molecule has 0 aliphatic heterocycles. The summed E-state index contributed by atoms with van der Waals surface area (Å²) in [5.41, 5.74) is -0.567. The second-order valence-electron chi connectivity index (χ2n) is 2.07. The number of ketones is 1.